The van der Waals surface area contributed by atoms with Gasteiger partial charge in [-0.2, -0.15) is 0 Å². The van der Waals surface area contributed by atoms with Crippen LogP contribution in [0.15, 0.2) is 0 Å². The summed E-state index contributed by atoms with van der Waals surface area (Å²) in [4.78, 5) is 25.4. The second-order valence-electron chi connectivity index (χ2n) is 4.62. The molecule has 0 heterocycles. The van der Waals surface area contributed by atoms with Crippen LogP contribution in [0.1, 0.15) is 20.8 Å². The molecule has 0 aliphatic rings. The largest absolute Gasteiger partial charge is 0.444 e. The minimum atomic E-state index is -0.535. The zero-order valence-electron chi connectivity index (χ0n) is 10.3. The van der Waals surface area contributed by atoms with E-state index in [1.54, 1.807) is 34.9 Å². The van der Waals surface area contributed by atoms with Crippen molar-refractivity contribution in [3.05, 3.63) is 0 Å². The topological polar surface area (TPSA) is 49.9 Å². The van der Waals surface area contributed by atoms with Gasteiger partial charge in [-0.1, -0.05) is 0 Å². The van der Waals surface area contributed by atoms with Crippen LogP contribution in [0.3, 0.4) is 0 Å². The van der Waals surface area contributed by atoms with E-state index in [0.717, 1.165) is 0 Å². The first-order valence-corrected chi connectivity index (χ1v) is 4.78. The maximum atomic E-state index is 11.4. The Morgan fingerprint density at radius 1 is 1.13 bits per heavy atom. The Morgan fingerprint density at radius 2 is 1.60 bits per heavy atom. The highest BCUT2D eigenvalue weighted by molar-refractivity contribution is 5.81. The number of nitrogens with zero attached hydrogens (tertiary/aromatic N) is 2. The molecule has 0 aliphatic carbocycles. The van der Waals surface area contributed by atoms with E-state index >= 15 is 0 Å². The van der Waals surface area contributed by atoms with Gasteiger partial charge in [0.25, 0.3) is 0 Å². The predicted octanol–water partition coefficient (Wildman–Crippen LogP) is 0.941. The SMILES string of the molecule is CN(C)C(=O)CN(C)C(=O)OC(C)(C)C. The third kappa shape index (κ3) is 5.93. The van der Waals surface area contributed by atoms with Crippen molar-refractivity contribution in [2.75, 3.05) is 27.7 Å². The molecule has 0 spiro atoms. The number of ether oxygens (including phenoxy) is 1. The van der Waals surface area contributed by atoms with Gasteiger partial charge in [0, 0.05) is 21.1 Å². The predicted molar refractivity (Wildman–Crippen MR) is 57.6 cm³/mol. The van der Waals surface area contributed by atoms with Crippen molar-refractivity contribution in [2.45, 2.75) is 26.4 Å². The van der Waals surface area contributed by atoms with Crippen molar-refractivity contribution >= 4 is 12.0 Å². The number of rotatable bonds is 2. The molecule has 0 aromatic rings. The van der Waals surface area contributed by atoms with Crippen LogP contribution < -0.4 is 0 Å². The molecule has 5 nitrogen and oxygen atoms in total. The number of carbonyl (C=O) groups is 2. The summed E-state index contributed by atoms with van der Waals surface area (Å²) in [5, 5.41) is 0. The Balaban J connectivity index is 4.17. The lowest BCUT2D eigenvalue weighted by atomic mass is 10.2. The van der Waals surface area contributed by atoms with Crippen LogP contribution in [-0.4, -0.2) is 55.1 Å². The van der Waals surface area contributed by atoms with Crippen LogP contribution in [0.5, 0.6) is 0 Å². The summed E-state index contributed by atoms with van der Waals surface area (Å²) in [7, 11) is 4.83. The first-order chi connectivity index (χ1) is 6.63. The summed E-state index contributed by atoms with van der Waals surface area (Å²) in [6, 6.07) is 0. The molecule has 88 valence electrons. The first-order valence-electron chi connectivity index (χ1n) is 4.78. The summed E-state index contributed by atoms with van der Waals surface area (Å²) >= 11 is 0. The van der Waals surface area contributed by atoms with E-state index in [2.05, 4.69) is 0 Å². The monoisotopic (exact) mass is 216 g/mol. The zero-order valence-corrected chi connectivity index (χ0v) is 10.3. The van der Waals surface area contributed by atoms with Crippen LogP contribution in [0.2, 0.25) is 0 Å². The molecule has 0 fully saturated rings. The fourth-order valence-corrected chi connectivity index (χ4v) is 0.749. The highest BCUT2D eigenvalue weighted by Crippen LogP contribution is 2.08. The lowest BCUT2D eigenvalue weighted by Gasteiger charge is -2.25. The van der Waals surface area contributed by atoms with Gasteiger partial charge in [-0.3, -0.25) is 4.79 Å². The number of likely N-dealkylation sites (N-methyl/N-ethyl adjacent to an activating group) is 2. The average Bonchev–Trinajstić information content (AvgIpc) is 2.00. The average molecular weight is 216 g/mol. The van der Waals surface area contributed by atoms with Gasteiger partial charge in [-0.05, 0) is 20.8 Å². The van der Waals surface area contributed by atoms with E-state index in [4.69, 9.17) is 4.74 Å². The molecule has 0 N–H and O–H groups in total. The van der Waals surface area contributed by atoms with Crippen LogP contribution >= 0.6 is 0 Å². The van der Waals surface area contributed by atoms with Crippen LogP contribution in [0, 0.1) is 0 Å². The molecule has 5 heteroatoms. The Bertz CT molecular complexity index is 244. The molecule has 0 aromatic heterocycles. The number of hydrogen-bond donors (Lipinski definition) is 0. The number of hydrogen-bond acceptors (Lipinski definition) is 3. The van der Waals surface area contributed by atoms with Gasteiger partial charge in [0.15, 0.2) is 0 Å². The van der Waals surface area contributed by atoms with Crippen molar-refractivity contribution < 1.29 is 14.3 Å². The smallest absolute Gasteiger partial charge is 0.410 e. The molecule has 15 heavy (non-hydrogen) atoms. The molecule has 0 aliphatic heterocycles. The minimum absolute atomic E-state index is 0.0297. The fraction of sp³-hybridized carbons (Fsp3) is 0.800. The summed E-state index contributed by atoms with van der Waals surface area (Å²) in [5.74, 6) is -0.136. The van der Waals surface area contributed by atoms with Crippen molar-refractivity contribution in [3.63, 3.8) is 0 Å². The normalized spacial score (nSPS) is 10.8. The molecule has 0 radical (unpaired) electrons. The maximum absolute atomic E-state index is 11.4. The van der Waals surface area contributed by atoms with Gasteiger partial charge >= 0.3 is 6.09 Å². The molecule has 0 bridgehead atoms. The molecule has 0 rings (SSSR count). The standard InChI is InChI=1S/C10H20N2O3/c1-10(2,3)15-9(14)12(6)7-8(13)11(4)5/h7H2,1-6H3. The lowest BCUT2D eigenvalue weighted by Crippen LogP contribution is -2.40. The Labute approximate surface area is 91.0 Å². The summed E-state index contributed by atoms with van der Waals surface area (Å²) in [6.07, 6.45) is -0.488. The van der Waals surface area contributed by atoms with Gasteiger partial charge in [-0.25, -0.2) is 4.79 Å². The van der Waals surface area contributed by atoms with Gasteiger partial charge in [0.05, 0.1) is 0 Å². The summed E-state index contributed by atoms with van der Waals surface area (Å²) < 4.78 is 5.10. The second kappa shape index (κ2) is 5.00. The highest BCUT2D eigenvalue weighted by atomic mass is 16.6. The third-order valence-electron chi connectivity index (χ3n) is 1.58. The van der Waals surface area contributed by atoms with Gasteiger partial charge < -0.3 is 14.5 Å². The highest BCUT2D eigenvalue weighted by Gasteiger charge is 2.21. The van der Waals surface area contributed by atoms with Crippen molar-refractivity contribution in [2.24, 2.45) is 0 Å². The van der Waals surface area contributed by atoms with Crippen LogP contribution in [-0.2, 0) is 9.53 Å². The Kier molecular flexibility index (Phi) is 4.58. The molecule has 0 aromatic carbocycles. The van der Waals surface area contributed by atoms with Gasteiger partial charge in [0.2, 0.25) is 5.91 Å². The maximum Gasteiger partial charge on any atom is 0.410 e. The Hall–Kier alpha value is -1.26. The first kappa shape index (κ1) is 13.7. The molecule has 0 saturated carbocycles. The van der Waals surface area contributed by atoms with Crippen molar-refractivity contribution in [3.8, 4) is 0 Å². The van der Waals surface area contributed by atoms with Gasteiger partial charge in [0.1, 0.15) is 12.1 Å². The summed E-state index contributed by atoms with van der Waals surface area (Å²) in [6.45, 7) is 5.38. The molecule has 0 unspecified atom stereocenters. The minimum Gasteiger partial charge on any atom is -0.444 e. The van der Waals surface area contributed by atoms with Gasteiger partial charge in [-0.15, -0.1) is 0 Å². The van der Waals surface area contributed by atoms with Crippen LogP contribution in [0.4, 0.5) is 4.79 Å². The van der Waals surface area contributed by atoms with E-state index in [1.165, 1.54) is 16.8 Å². The van der Waals surface area contributed by atoms with Crippen molar-refractivity contribution in [1.29, 1.82) is 0 Å². The lowest BCUT2D eigenvalue weighted by molar-refractivity contribution is -0.129. The molecule has 2 amide bonds. The van der Waals surface area contributed by atoms with E-state index < -0.39 is 11.7 Å². The van der Waals surface area contributed by atoms with E-state index in [-0.39, 0.29) is 12.5 Å². The number of amides is 2. The zero-order chi connectivity index (χ0) is 12.2. The van der Waals surface area contributed by atoms with E-state index in [1.807, 2.05) is 0 Å². The molecular formula is C10H20N2O3. The quantitative estimate of drug-likeness (QED) is 0.690. The van der Waals surface area contributed by atoms with Crippen LogP contribution in [0.25, 0.3) is 0 Å². The fourth-order valence-electron chi connectivity index (χ4n) is 0.749. The Morgan fingerprint density at radius 3 is 1.93 bits per heavy atom. The molecule has 0 saturated heterocycles. The third-order valence-corrected chi connectivity index (χ3v) is 1.58. The molecular weight excluding hydrogens is 196 g/mol. The van der Waals surface area contributed by atoms with E-state index in [9.17, 15) is 9.59 Å². The molecule has 0 atom stereocenters. The summed E-state index contributed by atoms with van der Waals surface area (Å²) in [5.41, 5.74) is -0.535. The number of carbonyl (C=O) groups excluding carboxylic acids is 2. The van der Waals surface area contributed by atoms with Crippen molar-refractivity contribution in [1.82, 2.24) is 9.80 Å². The second-order valence-corrected chi connectivity index (χ2v) is 4.62. The van der Waals surface area contributed by atoms with E-state index in [0.29, 0.717) is 0 Å².